The number of benzene rings is 3. The average molecular weight is 379 g/mol. The Morgan fingerprint density at radius 3 is 2.19 bits per heavy atom. The lowest BCUT2D eigenvalue weighted by Crippen LogP contribution is -2.38. The van der Waals surface area contributed by atoms with Crippen molar-refractivity contribution in [1.29, 1.82) is 0 Å². The van der Waals surface area contributed by atoms with Gasteiger partial charge in [-0.3, -0.25) is 4.79 Å². The van der Waals surface area contributed by atoms with Crippen molar-refractivity contribution >= 4 is 24.0 Å². The van der Waals surface area contributed by atoms with E-state index in [1.165, 1.54) is 5.56 Å². The Bertz CT molecular complexity index is 899. The fourth-order valence-electron chi connectivity index (χ4n) is 3.82. The van der Waals surface area contributed by atoms with Crippen LogP contribution >= 0.6 is 12.4 Å². The number of rotatable bonds is 6. The van der Waals surface area contributed by atoms with E-state index in [2.05, 4.69) is 41.0 Å². The summed E-state index contributed by atoms with van der Waals surface area (Å²) in [4.78, 5) is 13.1. The molecule has 3 nitrogen and oxygen atoms in total. The molecular weight excluding hydrogens is 356 g/mol. The van der Waals surface area contributed by atoms with Crippen molar-refractivity contribution < 1.29 is 4.79 Å². The molecular formula is C23H23ClN2O. The maximum Gasteiger partial charge on any atom is 0.239 e. The Hall–Kier alpha value is -2.62. The molecule has 1 heterocycles. The number of carbonyl (C=O) groups is 1. The first kappa shape index (κ1) is 19.2. The van der Waals surface area contributed by atoms with Crippen molar-refractivity contribution in [1.82, 2.24) is 5.32 Å². The van der Waals surface area contributed by atoms with Gasteiger partial charge < -0.3 is 10.6 Å². The largest absolute Gasteiger partial charge is 0.325 e. The highest BCUT2D eigenvalue weighted by molar-refractivity contribution is 6.08. The Labute approximate surface area is 166 Å². The summed E-state index contributed by atoms with van der Waals surface area (Å²) in [5.41, 5.74) is 3.64. The summed E-state index contributed by atoms with van der Waals surface area (Å²) in [6, 6.07) is 28.5. The zero-order valence-electron chi connectivity index (χ0n) is 15.0. The van der Waals surface area contributed by atoms with Crippen LogP contribution in [0, 0.1) is 0 Å². The zero-order chi connectivity index (χ0) is 17.8. The van der Waals surface area contributed by atoms with E-state index in [1.54, 1.807) is 0 Å². The van der Waals surface area contributed by atoms with Gasteiger partial charge in [-0.05, 0) is 35.7 Å². The van der Waals surface area contributed by atoms with Crippen LogP contribution in [-0.4, -0.2) is 12.5 Å². The third-order valence-electron chi connectivity index (χ3n) is 5.14. The minimum Gasteiger partial charge on any atom is -0.325 e. The Morgan fingerprint density at radius 1 is 0.815 bits per heavy atom. The van der Waals surface area contributed by atoms with Crippen LogP contribution in [0.4, 0.5) is 5.69 Å². The summed E-state index contributed by atoms with van der Waals surface area (Å²) in [5, 5.41) is 6.57. The van der Waals surface area contributed by atoms with Gasteiger partial charge >= 0.3 is 0 Å². The minimum atomic E-state index is -0.637. The van der Waals surface area contributed by atoms with Crippen LogP contribution in [0.25, 0.3) is 0 Å². The van der Waals surface area contributed by atoms with E-state index in [0.29, 0.717) is 6.42 Å². The molecule has 3 aromatic rings. The first-order chi connectivity index (χ1) is 12.8. The molecule has 1 amide bonds. The molecule has 1 unspecified atom stereocenters. The van der Waals surface area contributed by atoms with Crippen LogP contribution in [0.5, 0.6) is 0 Å². The van der Waals surface area contributed by atoms with Gasteiger partial charge in [0.15, 0.2) is 0 Å². The molecule has 4 rings (SSSR count). The predicted octanol–water partition coefficient (Wildman–Crippen LogP) is 4.53. The monoisotopic (exact) mass is 378 g/mol. The number of amides is 1. The predicted molar refractivity (Wildman–Crippen MR) is 112 cm³/mol. The molecule has 3 aromatic carbocycles. The second kappa shape index (κ2) is 8.38. The van der Waals surface area contributed by atoms with Gasteiger partial charge in [-0.25, -0.2) is 0 Å². The van der Waals surface area contributed by atoms with Crippen molar-refractivity contribution in [3.8, 4) is 0 Å². The van der Waals surface area contributed by atoms with Gasteiger partial charge in [0, 0.05) is 12.2 Å². The molecule has 0 fully saturated rings. The first-order valence-electron chi connectivity index (χ1n) is 9.02. The molecule has 4 heteroatoms. The van der Waals surface area contributed by atoms with Gasteiger partial charge in [0.1, 0.15) is 5.41 Å². The highest BCUT2D eigenvalue weighted by atomic mass is 35.5. The average Bonchev–Trinajstić information content (AvgIpc) is 2.99. The maximum atomic E-state index is 13.1. The summed E-state index contributed by atoms with van der Waals surface area (Å²) in [7, 11) is 0. The quantitative estimate of drug-likeness (QED) is 0.619. The number of fused-ring (bicyclic) bond motifs is 1. The van der Waals surface area contributed by atoms with Crippen LogP contribution in [0.15, 0.2) is 84.9 Å². The standard InChI is InChI=1S/C23H22N2O.ClH/c26-22-23(19-11-5-2-6-12-19,20-13-7-8-14-21(20)25-22)15-16-24-17-18-9-3-1-4-10-18;/h1-14,24H,15-17H2,(H,25,26);1H. The molecule has 27 heavy (non-hydrogen) atoms. The van der Waals surface area contributed by atoms with Crippen LogP contribution < -0.4 is 10.6 Å². The molecule has 0 saturated heterocycles. The number of halogens is 1. The molecule has 0 bridgehead atoms. The number of carbonyl (C=O) groups excluding carboxylic acids is 1. The highest BCUT2D eigenvalue weighted by Gasteiger charge is 2.47. The summed E-state index contributed by atoms with van der Waals surface area (Å²) in [5.74, 6) is 0.0615. The fraction of sp³-hybridized carbons (Fsp3) is 0.174. The van der Waals surface area contributed by atoms with E-state index < -0.39 is 5.41 Å². The van der Waals surface area contributed by atoms with Crippen LogP contribution in [-0.2, 0) is 16.8 Å². The SMILES string of the molecule is Cl.O=C1Nc2ccccc2C1(CCNCc1ccccc1)c1ccccc1. The number of hydrogen-bond donors (Lipinski definition) is 2. The lowest BCUT2D eigenvalue weighted by molar-refractivity contribution is -0.119. The lowest BCUT2D eigenvalue weighted by atomic mass is 9.73. The molecule has 0 aliphatic carbocycles. The van der Waals surface area contributed by atoms with Gasteiger partial charge in [-0.15, -0.1) is 12.4 Å². The number of para-hydroxylation sites is 1. The van der Waals surface area contributed by atoms with Crippen molar-refractivity contribution in [2.45, 2.75) is 18.4 Å². The van der Waals surface area contributed by atoms with Gasteiger partial charge in [0.25, 0.3) is 0 Å². The van der Waals surface area contributed by atoms with Crippen LogP contribution in [0.1, 0.15) is 23.1 Å². The topological polar surface area (TPSA) is 41.1 Å². The van der Waals surface area contributed by atoms with Gasteiger partial charge in [0.05, 0.1) is 0 Å². The summed E-state index contributed by atoms with van der Waals surface area (Å²) >= 11 is 0. The summed E-state index contributed by atoms with van der Waals surface area (Å²) in [6.07, 6.45) is 0.715. The zero-order valence-corrected chi connectivity index (χ0v) is 15.8. The Morgan fingerprint density at radius 2 is 1.44 bits per heavy atom. The summed E-state index contributed by atoms with van der Waals surface area (Å²) < 4.78 is 0. The highest BCUT2D eigenvalue weighted by Crippen LogP contribution is 2.44. The molecule has 1 aliphatic heterocycles. The van der Waals surface area contributed by atoms with E-state index >= 15 is 0 Å². The number of hydrogen-bond acceptors (Lipinski definition) is 2. The van der Waals surface area contributed by atoms with Gasteiger partial charge in [0.2, 0.25) is 5.91 Å². The minimum absolute atomic E-state index is 0. The van der Waals surface area contributed by atoms with E-state index in [1.807, 2.05) is 54.6 Å². The van der Waals surface area contributed by atoms with Gasteiger partial charge in [-0.1, -0.05) is 78.9 Å². The van der Waals surface area contributed by atoms with E-state index in [0.717, 1.165) is 29.9 Å². The second-order valence-corrected chi connectivity index (χ2v) is 6.68. The second-order valence-electron chi connectivity index (χ2n) is 6.68. The Balaban J connectivity index is 0.00000210. The lowest BCUT2D eigenvalue weighted by Gasteiger charge is -2.28. The number of nitrogens with one attached hydrogen (secondary N) is 2. The van der Waals surface area contributed by atoms with Crippen molar-refractivity contribution in [2.75, 3.05) is 11.9 Å². The molecule has 0 saturated carbocycles. The molecule has 0 radical (unpaired) electrons. The summed E-state index contributed by atoms with van der Waals surface area (Å²) in [6.45, 7) is 1.56. The fourth-order valence-corrected chi connectivity index (χ4v) is 3.82. The van der Waals surface area contributed by atoms with Crippen molar-refractivity contribution in [2.24, 2.45) is 0 Å². The first-order valence-corrected chi connectivity index (χ1v) is 9.02. The van der Waals surface area contributed by atoms with Gasteiger partial charge in [-0.2, -0.15) is 0 Å². The maximum absolute atomic E-state index is 13.1. The molecule has 138 valence electrons. The van der Waals surface area contributed by atoms with E-state index in [4.69, 9.17) is 0 Å². The van der Waals surface area contributed by atoms with E-state index in [-0.39, 0.29) is 18.3 Å². The smallest absolute Gasteiger partial charge is 0.239 e. The van der Waals surface area contributed by atoms with Crippen LogP contribution in [0.2, 0.25) is 0 Å². The van der Waals surface area contributed by atoms with Crippen molar-refractivity contribution in [3.05, 3.63) is 102 Å². The third kappa shape index (κ3) is 3.61. The van der Waals surface area contributed by atoms with Crippen molar-refractivity contribution in [3.63, 3.8) is 0 Å². The molecule has 2 N–H and O–H groups in total. The van der Waals surface area contributed by atoms with Crippen LogP contribution in [0.3, 0.4) is 0 Å². The molecule has 0 spiro atoms. The normalized spacial score (nSPS) is 17.7. The molecule has 1 aliphatic rings. The van der Waals surface area contributed by atoms with E-state index in [9.17, 15) is 4.79 Å². The number of anilines is 1. The molecule has 1 atom stereocenters. The third-order valence-corrected chi connectivity index (χ3v) is 5.14. The molecule has 0 aromatic heterocycles. The Kier molecular flexibility index (Phi) is 5.94.